The third-order valence-electron chi connectivity index (χ3n) is 1.99. The Labute approximate surface area is 122 Å². The minimum absolute atomic E-state index is 0.649. The van der Waals surface area contributed by atoms with Crippen LogP contribution in [0.3, 0.4) is 0 Å². The molecule has 0 atom stereocenters. The molecule has 19 heavy (non-hydrogen) atoms. The summed E-state index contributed by atoms with van der Waals surface area (Å²) < 4.78 is 5.32. The van der Waals surface area contributed by atoms with E-state index in [0.29, 0.717) is 0 Å². The molecule has 0 radical (unpaired) electrons. The molecule has 0 aliphatic rings. The number of esters is 1. The summed E-state index contributed by atoms with van der Waals surface area (Å²) in [5.41, 5.74) is -1.73. The summed E-state index contributed by atoms with van der Waals surface area (Å²) in [4.78, 5) is 15.7. The van der Waals surface area contributed by atoms with Gasteiger partial charge in [0.2, 0.25) is 0 Å². The zero-order valence-electron chi connectivity index (χ0n) is 9.83. The van der Waals surface area contributed by atoms with Gasteiger partial charge in [0, 0.05) is 17.2 Å². The molecule has 0 spiro atoms. The van der Waals surface area contributed by atoms with Crippen molar-refractivity contribution in [2.45, 2.75) is 5.54 Å². The SMILES string of the molecule is COC(=O)/C=C\C(C#N)(C#N)N=Cc1ccc(Br)s1. The number of nitriles is 2. The quantitative estimate of drug-likeness (QED) is 0.479. The molecular weight excluding hydrogens is 330 g/mol. The number of thiophene rings is 1. The van der Waals surface area contributed by atoms with Crippen LogP contribution in [0.4, 0.5) is 0 Å². The number of nitrogens with zero attached hydrogens (tertiary/aromatic N) is 3. The van der Waals surface area contributed by atoms with E-state index in [9.17, 15) is 4.79 Å². The van der Waals surface area contributed by atoms with Crippen molar-refractivity contribution in [3.8, 4) is 12.1 Å². The second-order valence-corrected chi connectivity index (χ2v) is 5.74. The highest BCUT2D eigenvalue weighted by atomic mass is 79.9. The standard InChI is InChI=1S/C12H8BrN3O2S/c1-18-11(17)4-5-12(7-14,8-15)16-6-9-2-3-10(13)19-9/h2-6H,1H3/b5-4-,16-6?. The lowest BCUT2D eigenvalue weighted by Gasteiger charge is -2.06. The molecule has 0 bridgehead atoms. The van der Waals surface area contributed by atoms with Crippen LogP contribution in [0, 0.1) is 22.7 Å². The molecular formula is C12H8BrN3O2S. The average molecular weight is 338 g/mol. The predicted molar refractivity (Wildman–Crippen MR) is 74.7 cm³/mol. The van der Waals surface area contributed by atoms with Gasteiger partial charge in [-0.25, -0.2) is 4.79 Å². The lowest BCUT2D eigenvalue weighted by Crippen LogP contribution is -2.19. The van der Waals surface area contributed by atoms with E-state index in [-0.39, 0.29) is 0 Å². The number of rotatable bonds is 4. The first-order chi connectivity index (χ1) is 9.05. The van der Waals surface area contributed by atoms with Crippen LogP contribution in [-0.2, 0) is 9.53 Å². The highest BCUT2D eigenvalue weighted by Crippen LogP contribution is 2.21. The van der Waals surface area contributed by atoms with Gasteiger partial charge < -0.3 is 4.74 Å². The fourth-order valence-corrected chi connectivity index (χ4v) is 2.32. The smallest absolute Gasteiger partial charge is 0.330 e. The van der Waals surface area contributed by atoms with Crippen LogP contribution in [0.15, 0.2) is 33.1 Å². The van der Waals surface area contributed by atoms with Crippen molar-refractivity contribution in [1.82, 2.24) is 0 Å². The molecule has 0 amide bonds. The topological polar surface area (TPSA) is 86.2 Å². The number of halogens is 1. The third-order valence-corrected chi connectivity index (χ3v) is 3.55. The number of carbonyl (C=O) groups excluding carboxylic acids is 1. The van der Waals surface area contributed by atoms with Crippen molar-refractivity contribution < 1.29 is 9.53 Å². The van der Waals surface area contributed by atoms with Crippen molar-refractivity contribution in [2.75, 3.05) is 7.11 Å². The Morgan fingerprint density at radius 1 is 1.53 bits per heavy atom. The number of ether oxygens (including phenoxy) is 1. The molecule has 96 valence electrons. The molecule has 7 heteroatoms. The summed E-state index contributed by atoms with van der Waals surface area (Å²) in [6, 6.07) is 7.15. The molecule has 1 aromatic rings. The fourth-order valence-electron chi connectivity index (χ4n) is 1.02. The molecule has 0 aromatic carbocycles. The lowest BCUT2D eigenvalue weighted by atomic mass is 10.0. The summed E-state index contributed by atoms with van der Waals surface area (Å²) in [7, 11) is 1.21. The molecule has 0 N–H and O–H groups in total. The van der Waals surface area contributed by atoms with Crippen LogP contribution in [0.25, 0.3) is 0 Å². The summed E-state index contributed by atoms with van der Waals surface area (Å²) in [6.07, 6.45) is 3.54. The molecule has 1 aromatic heterocycles. The fraction of sp³-hybridized carbons (Fsp3) is 0.167. The minimum Gasteiger partial charge on any atom is -0.466 e. The van der Waals surface area contributed by atoms with Gasteiger partial charge in [-0.1, -0.05) is 0 Å². The molecule has 0 aliphatic carbocycles. The van der Waals surface area contributed by atoms with Gasteiger partial charge >= 0.3 is 5.97 Å². The predicted octanol–water partition coefficient (Wildman–Crippen LogP) is 2.44. The van der Waals surface area contributed by atoms with E-state index in [1.807, 2.05) is 6.07 Å². The van der Waals surface area contributed by atoms with Gasteiger partial charge in [-0.05, 0) is 34.1 Å². The van der Waals surface area contributed by atoms with Gasteiger partial charge in [-0.15, -0.1) is 11.3 Å². The Morgan fingerprint density at radius 3 is 2.68 bits per heavy atom. The monoisotopic (exact) mass is 337 g/mol. The zero-order valence-corrected chi connectivity index (χ0v) is 12.2. The molecule has 0 aliphatic heterocycles. The average Bonchev–Trinajstić information content (AvgIpc) is 2.85. The van der Waals surface area contributed by atoms with Crippen molar-refractivity contribution in [3.05, 3.63) is 32.9 Å². The normalized spacial score (nSPS) is 11.4. The third kappa shape index (κ3) is 4.32. The van der Waals surface area contributed by atoms with Crippen molar-refractivity contribution in [1.29, 1.82) is 10.5 Å². The second-order valence-electron chi connectivity index (χ2n) is 3.25. The van der Waals surface area contributed by atoms with Crippen LogP contribution in [0.2, 0.25) is 0 Å². The van der Waals surface area contributed by atoms with Crippen molar-refractivity contribution in [2.24, 2.45) is 4.99 Å². The van der Waals surface area contributed by atoms with Gasteiger partial charge in [0.1, 0.15) is 12.1 Å². The molecule has 0 saturated heterocycles. The number of aliphatic imine (C=N–C) groups is 1. The van der Waals surface area contributed by atoms with Crippen LogP contribution in [-0.4, -0.2) is 24.8 Å². The highest BCUT2D eigenvalue weighted by Gasteiger charge is 2.25. The van der Waals surface area contributed by atoms with Crippen LogP contribution in [0.5, 0.6) is 0 Å². The van der Waals surface area contributed by atoms with Gasteiger partial charge in [0.15, 0.2) is 0 Å². The van der Waals surface area contributed by atoms with Crippen LogP contribution < -0.4 is 0 Å². The van der Waals surface area contributed by atoms with E-state index in [1.54, 1.807) is 18.2 Å². The first-order valence-corrected chi connectivity index (χ1v) is 6.56. The number of carbonyl (C=O) groups is 1. The van der Waals surface area contributed by atoms with E-state index in [0.717, 1.165) is 20.8 Å². The van der Waals surface area contributed by atoms with Gasteiger partial charge in [-0.2, -0.15) is 10.5 Å². The molecule has 0 unspecified atom stereocenters. The second kappa shape index (κ2) is 6.83. The number of hydrogen-bond acceptors (Lipinski definition) is 6. The van der Waals surface area contributed by atoms with E-state index >= 15 is 0 Å². The molecule has 1 rings (SSSR count). The Kier molecular flexibility index (Phi) is 5.43. The van der Waals surface area contributed by atoms with Gasteiger partial charge in [-0.3, -0.25) is 4.99 Å². The Hall–Kier alpha value is -1.96. The molecule has 0 saturated carbocycles. The maximum atomic E-state index is 11.0. The van der Waals surface area contributed by atoms with Crippen LogP contribution >= 0.6 is 27.3 Å². The molecule has 5 nitrogen and oxygen atoms in total. The zero-order chi connectivity index (χ0) is 14.3. The molecule has 1 heterocycles. The largest absolute Gasteiger partial charge is 0.466 e. The van der Waals surface area contributed by atoms with Gasteiger partial charge in [0.25, 0.3) is 5.54 Å². The van der Waals surface area contributed by atoms with Gasteiger partial charge in [0.05, 0.1) is 10.9 Å². The maximum absolute atomic E-state index is 11.0. The van der Waals surface area contributed by atoms with Crippen molar-refractivity contribution >= 4 is 39.5 Å². The highest BCUT2D eigenvalue weighted by molar-refractivity contribution is 9.11. The van der Waals surface area contributed by atoms with Crippen LogP contribution in [0.1, 0.15) is 4.88 Å². The Bertz CT molecular complexity index is 593. The summed E-state index contributed by atoms with van der Waals surface area (Å²) in [6.45, 7) is 0. The first-order valence-electron chi connectivity index (χ1n) is 4.95. The maximum Gasteiger partial charge on any atom is 0.330 e. The van der Waals surface area contributed by atoms with E-state index < -0.39 is 11.5 Å². The Balaban J connectivity index is 2.98. The Morgan fingerprint density at radius 2 is 2.21 bits per heavy atom. The number of methoxy groups -OCH3 is 1. The number of hydrogen-bond donors (Lipinski definition) is 0. The van der Waals surface area contributed by atoms with E-state index in [2.05, 4.69) is 25.7 Å². The summed E-state index contributed by atoms with van der Waals surface area (Å²) in [5, 5.41) is 18.1. The summed E-state index contributed by atoms with van der Waals surface area (Å²) >= 11 is 4.71. The minimum atomic E-state index is -1.73. The van der Waals surface area contributed by atoms with E-state index in [1.165, 1.54) is 24.7 Å². The molecule has 0 fully saturated rings. The van der Waals surface area contributed by atoms with Crippen molar-refractivity contribution in [3.63, 3.8) is 0 Å². The van der Waals surface area contributed by atoms with E-state index in [4.69, 9.17) is 10.5 Å². The first kappa shape index (κ1) is 15.1. The lowest BCUT2D eigenvalue weighted by molar-refractivity contribution is -0.134. The summed E-state index contributed by atoms with van der Waals surface area (Å²) in [5.74, 6) is -0.649.